The topological polar surface area (TPSA) is 46.0 Å². The fourth-order valence-corrected chi connectivity index (χ4v) is 7.82. The summed E-state index contributed by atoms with van der Waals surface area (Å²) in [6.45, 7) is 6.54. The molecular weight excluding hydrogens is 966 g/mol. The van der Waals surface area contributed by atoms with E-state index in [1.807, 2.05) is 67.8 Å². The minimum absolute atomic E-state index is 0. The zero-order chi connectivity index (χ0) is 55.6. The van der Waals surface area contributed by atoms with Crippen molar-refractivity contribution in [3.8, 4) is 39.6 Å². The Bertz CT molecular complexity index is 3890. The average molecular weight is 1030 g/mol. The summed E-state index contributed by atoms with van der Waals surface area (Å²) in [4.78, 5) is 9.25. The zero-order valence-corrected chi connectivity index (χ0v) is 38.0. The van der Waals surface area contributed by atoms with Crippen LogP contribution in [0.15, 0.2) is 152 Å². The van der Waals surface area contributed by atoms with Crippen LogP contribution in [0.25, 0.3) is 49.9 Å². The van der Waals surface area contributed by atoms with Crippen LogP contribution >= 0.6 is 0 Å². The number of hydrogen-bond acceptors (Lipinski definition) is 3. The van der Waals surface area contributed by atoms with Crippen LogP contribution in [0.1, 0.15) is 83.0 Å². The van der Waals surface area contributed by atoms with Gasteiger partial charge < -0.3 is 9.30 Å². The quantitative estimate of drug-likeness (QED) is 0.118. The zero-order valence-electron chi connectivity index (χ0n) is 49.8. The maximum Gasteiger partial charge on any atom is 2.00 e. The number of ether oxygens (including phenoxy) is 1. The molecule has 0 atom stereocenters. The van der Waals surface area contributed by atoms with Gasteiger partial charge in [0.05, 0.1) is 33.8 Å². The molecule has 1 aliphatic rings. The molecule has 10 rings (SSSR count). The molecule has 0 saturated heterocycles. The number of hydrogen-bond donors (Lipinski definition) is 0. The van der Waals surface area contributed by atoms with Crippen molar-refractivity contribution >= 4 is 50.6 Å². The van der Waals surface area contributed by atoms with Gasteiger partial charge in [0.15, 0.2) is 0 Å². The van der Waals surface area contributed by atoms with Gasteiger partial charge >= 0.3 is 27.1 Å². The van der Waals surface area contributed by atoms with Gasteiger partial charge in [0.25, 0.3) is 11.4 Å². The Kier molecular flexibility index (Phi) is 7.42. The van der Waals surface area contributed by atoms with E-state index in [4.69, 9.17) is 23.4 Å². The van der Waals surface area contributed by atoms with Gasteiger partial charge in [0, 0.05) is 44.2 Å². The summed E-state index contributed by atoms with van der Waals surface area (Å²) >= 11 is 0. The number of pyridine rings is 2. The Balaban J connectivity index is 0.00000740. The van der Waals surface area contributed by atoms with Crippen LogP contribution in [-0.4, -0.2) is 20.5 Å². The molecule has 0 spiro atoms. The van der Waals surface area contributed by atoms with Gasteiger partial charge in [-0.25, -0.2) is 4.98 Å². The van der Waals surface area contributed by atoms with Crippen LogP contribution in [0.4, 0.5) is 22.7 Å². The standard InChI is InChI=1S/C57H49N5O.Pt/c1-37-16-20-39(21-17-37)46-12-11-13-47(40-22-18-38(2)19-23-40)55(46)61-36-60(50-14-9-10-15-51(50)61)43-30-42(57(6,7)8)31-45(33-43)63-44-24-25-48-49-27-28-58-35-53(49)62(52(48)34-44)54-32-41(26-29-59-54)56(3,4)5;/h9-32,35H,1-8H3;/q;+2/i1D3,2D3,16D,17D,18D,19D,20D,21D,22D,23D;. The van der Waals surface area contributed by atoms with Gasteiger partial charge in [-0.05, 0) is 81.5 Å². The van der Waals surface area contributed by atoms with Crippen molar-refractivity contribution in [2.24, 2.45) is 0 Å². The van der Waals surface area contributed by atoms with Gasteiger partial charge in [-0.15, -0.1) is 29.1 Å². The summed E-state index contributed by atoms with van der Waals surface area (Å²) in [6.07, 6.45) is 5.34. The number of nitrogens with zero attached hydrogens (tertiary/aromatic N) is 5. The van der Waals surface area contributed by atoms with Crippen molar-refractivity contribution in [2.75, 3.05) is 0 Å². The molecule has 4 heterocycles. The molecule has 0 radical (unpaired) electrons. The van der Waals surface area contributed by atoms with Crippen LogP contribution < -0.4 is 13.9 Å². The minimum atomic E-state index is -3.02. The number of rotatable bonds is 7. The summed E-state index contributed by atoms with van der Waals surface area (Å²) in [5, 5.41) is 1.86. The third-order valence-electron chi connectivity index (χ3n) is 11.1. The summed E-state index contributed by atoms with van der Waals surface area (Å²) in [6, 6.07) is 29.6. The smallest absolute Gasteiger partial charge is 0.509 e. The van der Waals surface area contributed by atoms with Crippen LogP contribution in [0.5, 0.6) is 11.5 Å². The Hall–Kier alpha value is -6.71. The largest absolute Gasteiger partial charge is 2.00 e. The Morgan fingerprint density at radius 1 is 0.656 bits per heavy atom. The van der Waals surface area contributed by atoms with Crippen molar-refractivity contribution in [3.63, 3.8) is 0 Å². The molecule has 316 valence electrons. The second kappa shape index (κ2) is 16.4. The SMILES string of the molecule is [2H]c1c([2H])c(C([2H])([2H])[2H])c([2H])c([2H])c1-c1cccc(-c2c([2H])c([2H])c(C([2H])([2H])[2H])c([2H])c2[2H])c1[N+]1=C=[N+](c2[c-]c(Oc3[c-]c4c(cc3)c3ccncc3n4-c3cc(C(C)(C)C)ccn3)cc(C(C)(C)C)c2)c2ccccc21.[Pt+2]. The van der Waals surface area contributed by atoms with Gasteiger partial charge in [-0.3, -0.25) is 4.98 Å². The van der Waals surface area contributed by atoms with E-state index in [0.29, 0.717) is 39.9 Å². The first-order valence-corrected chi connectivity index (χ1v) is 20.4. The molecule has 0 amide bonds. The van der Waals surface area contributed by atoms with Crippen molar-refractivity contribution in [3.05, 3.63) is 186 Å². The molecule has 0 bridgehead atoms. The molecule has 1 aliphatic heterocycles. The van der Waals surface area contributed by atoms with Gasteiger partial charge in [0.2, 0.25) is 5.69 Å². The number of fused-ring (bicyclic) bond motifs is 4. The number of benzene rings is 6. The molecule has 9 aromatic rings. The van der Waals surface area contributed by atoms with Crippen molar-refractivity contribution in [2.45, 2.75) is 66.1 Å². The molecule has 6 nitrogen and oxygen atoms in total. The van der Waals surface area contributed by atoms with E-state index in [9.17, 15) is 5.48 Å². The van der Waals surface area contributed by atoms with Gasteiger partial charge in [0.1, 0.15) is 11.5 Å². The van der Waals surface area contributed by atoms with Crippen LogP contribution in [0.3, 0.4) is 0 Å². The molecular formula is C57H49N5OPt+2. The monoisotopic (exact) mass is 1030 g/mol. The third kappa shape index (κ3) is 7.83. The predicted octanol–water partition coefficient (Wildman–Crippen LogP) is 14.4. The maximum atomic E-state index is 9.24. The predicted molar refractivity (Wildman–Crippen MR) is 259 cm³/mol. The average Bonchev–Trinajstić information content (AvgIpc) is 3.90. The third-order valence-corrected chi connectivity index (χ3v) is 11.1. The Morgan fingerprint density at radius 3 is 1.95 bits per heavy atom. The van der Waals surface area contributed by atoms with E-state index < -0.39 is 78.6 Å². The van der Waals surface area contributed by atoms with E-state index in [0.717, 1.165) is 27.4 Å². The normalized spacial score (nSPS) is 16.0. The summed E-state index contributed by atoms with van der Waals surface area (Å²) in [7, 11) is 0. The van der Waals surface area contributed by atoms with E-state index in [1.165, 1.54) is 22.8 Å². The van der Waals surface area contributed by atoms with Crippen molar-refractivity contribution < 1.29 is 45.0 Å². The summed E-state index contributed by atoms with van der Waals surface area (Å²) < 4.78 is 133. The second-order valence-corrected chi connectivity index (χ2v) is 17.4. The fraction of sp³-hybridized carbons (Fsp3) is 0.175. The first-order valence-electron chi connectivity index (χ1n) is 27.4. The molecule has 64 heavy (non-hydrogen) atoms. The Labute approximate surface area is 409 Å². The van der Waals surface area contributed by atoms with Crippen LogP contribution in [-0.2, 0) is 31.9 Å². The van der Waals surface area contributed by atoms with Gasteiger partial charge in [-0.2, -0.15) is 6.07 Å². The fourth-order valence-electron chi connectivity index (χ4n) is 7.82. The first kappa shape index (κ1) is 28.9. The van der Waals surface area contributed by atoms with Crippen molar-refractivity contribution in [1.82, 2.24) is 23.7 Å². The molecule has 6 aromatic carbocycles. The van der Waals surface area contributed by atoms with Gasteiger partial charge in [-0.1, -0.05) is 141 Å². The molecule has 0 saturated carbocycles. The molecule has 7 heteroatoms. The number of para-hydroxylation sites is 3. The maximum absolute atomic E-state index is 9.24. The molecule has 0 aliphatic carbocycles. The molecule has 0 fully saturated rings. The van der Waals surface area contributed by atoms with E-state index in [1.54, 1.807) is 41.4 Å². The summed E-state index contributed by atoms with van der Waals surface area (Å²) in [5.74, 6) is 1.38. The Morgan fingerprint density at radius 2 is 1.31 bits per heavy atom. The summed E-state index contributed by atoms with van der Waals surface area (Å²) in [5.41, 5.74) is 1.99. The van der Waals surface area contributed by atoms with E-state index in [-0.39, 0.29) is 54.4 Å². The van der Waals surface area contributed by atoms with Crippen LogP contribution in [0, 0.1) is 25.8 Å². The minimum Gasteiger partial charge on any atom is -0.509 e. The molecule has 0 unspecified atom stereocenters. The second-order valence-electron chi connectivity index (χ2n) is 17.4. The molecule has 3 aromatic heterocycles. The van der Waals surface area contributed by atoms with E-state index in [2.05, 4.69) is 50.0 Å². The van der Waals surface area contributed by atoms with Crippen molar-refractivity contribution in [1.29, 1.82) is 0 Å². The number of aromatic nitrogens is 3. The van der Waals surface area contributed by atoms with E-state index >= 15 is 0 Å². The first-order chi connectivity index (χ1) is 36.1. The van der Waals surface area contributed by atoms with Crippen LogP contribution in [0.2, 0.25) is 0 Å². The molecule has 0 N–H and O–H groups in total.